The van der Waals surface area contributed by atoms with Crippen LogP contribution in [0.2, 0.25) is 0 Å². The van der Waals surface area contributed by atoms with Crippen LogP contribution in [0.3, 0.4) is 0 Å². The molecule has 0 unspecified atom stereocenters. The van der Waals surface area contributed by atoms with Gasteiger partial charge in [0.2, 0.25) is 0 Å². The summed E-state index contributed by atoms with van der Waals surface area (Å²) in [5.41, 5.74) is 4.19. The number of halogens is 3. The van der Waals surface area contributed by atoms with E-state index in [-0.39, 0.29) is 5.88 Å². The van der Waals surface area contributed by atoms with Gasteiger partial charge in [0.05, 0.1) is 0 Å². The van der Waals surface area contributed by atoms with Crippen molar-refractivity contribution in [3.63, 3.8) is 0 Å². The molecule has 0 saturated carbocycles. The van der Waals surface area contributed by atoms with Crippen molar-refractivity contribution in [1.29, 1.82) is 0 Å². The summed E-state index contributed by atoms with van der Waals surface area (Å²) in [6.07, 6.45) is 1.84. The minimum absolute atomic E-state index is 0.162. The van der Waals surface area contributed by atoms with Crippen LogP contribution in [0.15, 0.2) is 36.4 Å². The normalized spacial score (nSPS) is 11.8. The lowest BCUT2D eigenvalue weighted by Crippen LogP contribution is -1.93. The van der Waals surface area contributed by atoms with Gasteiger partial charge < -0.3 is 0 Å². The molecule has 0 fully saturated rings. The number of aryl methyl sites for hydroxylation is 2. The van der Waals surface area contributed by atoms with Gasteiger partial charge in [-0.1, -0.05) is 29.3 Å². The zero-order valence-electron chi connectivity index (χ0n) is 11.4. The third kappa shape index (κ3) is 3.45. The highest BCUT2D eigenvalue weighted by Gasteiger charge is 2.08. The Morgan fingerprint density at radius 3 is 2.25 bits per heavy atom. The van der Waals surface area contributed by atoms with E-state index in [9.17, 15) is 8.78 Å². The van der Waals surface area contributed by atoms with Gasteiger partial charge in [-0.3, -0.25) is 0 Å². The second-order valence-electron chi connectivity index (χ2n) is 4.85. The summed E-state index contributed by atoms with van der Waals surface area (Å²) < 4.78 is 26.8. The van der Waals surface area contributed by atoms with Crippen LogP contribution in [-0.2, 0) is 0 Å². The predicted molar refractivity (Wildman–Crippen MR) is 80.9 cm³/mol. The molecule has 0 spiro atoms. The molecule has 2 rings (SSSR count). The second-order valence-corrected chi connectivity index (χ2v) is 5.12. The van der Waals surface area contributed by atoms with Crippen LogP contribution in [-0.4, -0.2) is 5.88 Å². The standard InChI is InChI=1S/C17H15ClF2/c1-11-5-12(2)7-13(6-11)8-14(10-18)16-4-3-15(19)9-17(16)20/h3-9H,10H2,1-2H3/b14-8+. The number of rotatable bonds is 3. The molecular formula is C17H15ClF2. The van der Waals surface area contributed by atoms with Crippen LogP contribution in [0, 0.1) is 25.5 Å². The average Bonchev–Trinajstić information content (AvgIpc) is 2.35. The highest BCUT2D eigenvalue weighted by molar-refractivity contribution is 6.24. The SMILES string of the molecule is Cc1cc(C)cc(/C=C(\CCl)c2ccc(F)cc2F)c1. The molecule has 0 heterocycles. The Labute approximate surface area is 122 Å². The largest absolute Gasteiger partial charge is 0.207 e. The van der Waals surface area contributed by atoms with Crippen molar-refractivity contribution in [3.8, 4) is 0 Å². The number of alkyl halides is 1. The zero-order chi connectivity index (χ0) is 14.7. The van der Waals surface area contributed by atoms with Crippen molar-refractivity contribution in [2.75, 3.05) is 5.88 Å². The van der Waals surface area contributed by atoms with Gasteiger partial charge in [0, 0.05) is 17.5 Å². The summed E-state index contributed by atoms with van der Waals surface area (Å²) in [4.78, 5) is 0. The Kier molecular flexibility index (Phi) is 4.56. The Balaban J connectivity index is 2.48. The van der Waals surface area contributed by atoms with E-state index in [1.807, 2.05) is 32.1 Å². The quantitative estimate of drug-likeness (QED) is 0.527. The second kappa shape index (κ2) is 6.19. The van der Waals surface area contributed by atoms with E-state index in [0.717, 1.165) is 22.8 Å². The Morgan fingerprint density at radius 2 is 1.70 bits per heavy atom. The Hall–Kier alpha value is -1.67. The van der Waals surface area contributed by atoms with E-state index in [4.69, 9.17) is 11.6 Å². The summed E-state index contributed by atoms with van der Waals surface area (Å²) in [6.45, 7) is 4.01. The highest BCUT2D eigenvalue weighted by Crippen LogP contribution is 2.24. The molecule has 0 aliphatic carbocycles. The Bertz CT molecular complexity index is 640. The zero-order valence-corrected chi connectivity index (χ0v) is 12.1. The molecule has 0 aromatic heterocycles. The smallest absolute Gasteiger partial charge is 0.133 e. The van der Waals surface area contributed by atoms with E-state index in [1.54, 1.807) is 0 Å². The van der Waals surface area contributed by atoms with Gasteiger partial charge in [-0.05, 0) is 43.2 Å². The van der Waals surface area contributed by atoms with Crippen molar-refractivity contribution in [2.45, 2.75) is 13.8 Å². The van der Waals surface area contributed by atoms with Crippen molar-refractivity contribution >= 4 is 23.3 Å². The first-order valence-electron chi connectivity index (χ1n) is 6.30. The third-order valence-electron chi connectivity index (χ3n) is 3.01. The lowest BCUT2D eigenvalue weighted by Gasteiger charge is -2.07. The first kappa shape index (κ1) is 14.7. The summed E-state index contributed by atoms with van der Waals surface area (Å²) in [7, 11) is 0. The monoisotopic (exact) mass is 292 g/mol. The molecule has 0 amide bonds. The molecule has 0 nitrogen and oxygen atoms in total. The molecular weight excluding hydrogens is 278 g/mol. The van der Waals surface area contributed by atoms with E-state index in [0.29, 0.717) is 11.1 Å². The number of benzene rings is 2. The van der Waals surface area contributed by atoms with Gasteiger partial charge in [0.25, 0.3) is 0 Å². The summed E-state index contributed by atoms with van der Waals surface area (Å²) in [5, 5.41) is 0. The third-order valence-corrected chi connectivity index (χ3v) is 3.29. The minimum Gasteiger partial charge on any atom is -0.207 e. The topological polar surface area (TPSA) is 0 Å². The minimum atomic E-state index is -0.596. The average molecular weight is 293 g/mol. The molecule has 2 aromatic rings. The van der Waals surface area contributed by atoms with Crippen molar-refractivity contribution in [1.82, 2.24) is 0 Å². The maximum atomic E-state index is 13.8. The number of allylic oxidation sites excluding steroid dienone is 1. The molecule has 0 radical (unpaired) electrons. The fraction of sp³-hybridized carbons (Fsp3) is 0.176. The lowest BCUT2D eigenvalue weighted by atomic mass is 10.0. The lowest BCUT2D eigenvalue weighted by molar-refractivity contribution is 0.581. The van der Waals surface area contributed by atoms with Crippen molar-refractivity contribution < 1.29 is 8.78 Å². The molecule has 104 valence electrons. The summed E-state index contributed by atoms with van der Waals surface area (Å²) >= 11 is 5.91. The number of hydrogen-bond acceptors (Lipinski definition) is 0. The molecule has 20 heavy (non-hydrogen) atoms. The fourth-order valence-corrected chi connectivity index (χ4v) is 2.45. The van der Waals surface area contributed by atoms with Gasteiger partial charge in [-0.2, -0.15) is 0 Å². The van der Waals surface area contributed by atoms with Crippen molar-refractivity contribution in [2.24, 2.45) is 0 Å². The Morgan fingerprint density at radius 1 is 1.05 bits per heavy atom. The van der Waals surface area contributed by atoms with Crippen LogP contribution < -0.4 is 0 Å². The maximum absolute atomic E-state index is 13.8. The fourth-order valence-electron chi connectivity index (χ4n) is 2.23. The van der Waals surface area contributed by atoms with Crippen LogP contribution >= 0.6 is 11.6 Å². The van der Waals surface area contributed by atoms with Crippen LogP contribution in [0.5, 0.6) is 0 Å². The first-order valence-corrected chi connectivity index (χ1v) is 6.83. The first-order chi connectivity index (χ1) is 9.49. The van der Waals surface area contributed by atoms with Crippen molar-refractivity contribution in [3.05, 3.63) is 70.3 Å². The van der Waals surface area contributed by atoms with Crippen LogP contribution in [0.1, 0.15) is 22.3 Å². The molecule has 0 N–H and O–H groups in total. The van der Waals surface area contributed by atoms with Crippen LogP contribution in [0.4, 0.5) is 8.78 Å². The summed E-state index contributed by atoms with van der Waals surface area (Å²) in [6, 6.07) is 9.59. The van der Waals surface area contributed by atoms with E-state index < -0.39 is 11.6 Å². The van der Waals surface area contributed by atoms with E-state index in [1.165, 1.54) is 12.1 Å². The van der Waals surface area contributed by atoms with E-state index in [2.05, 4.69) is 6.07 Å². The predicted octanol–water partition coefficient (Wildman–Crippen LogP) is 5.36. The van der Waals surface area contributed by atoms with Gasteiger partial charge in [-0.25, -0.2) is 8.78 Å². The number of hydrogen-bond donors (Lipinski definition) is 0. The molecule has 2 aromatic carbocycles. The molecule has 0 aliphatic heterocycles. The molecule has 0 bridgehead atoms. The van der Waals surface area contributed by atoms with Gasteiger partial charge in [0.15, 0.2) is 0 Å². The maximum Gasteiger partial charge on any atom is 0.133 e. The molecule has 0 saturated heterocycles. The van der Waals surface area contributed by atoms with Crippen LogP contribution in [0.25, 0.3) is 11.6 Å². The van der Waals surface area contributed by atoms with Gasteiger partial charge in [-0.15, -0.1) is 11.6 Å². The van der Waals surface area contributed by atoms with Gasteiger partial charge >= 0.3 is 0 Å². The molecule has 3 heteroatoms. The highest BCUT2D eigenvalue weighted by atomic mass is 35.5. The molecule has 0 aliphatic rings. The van der Waals surface area contributed by atoms with E-state index >= 15 is 0 Å². The molecule has 0 atom stereocenters. The van der Waals surface area contributed by atoms with Gasteiger partial charge in [0.1, 0.15) is 11.6 Å². The summed E-state index contributed by atoms with van der Waals surface area (Å²) in [5.74, 6) is -1.02.